The Balaban J connectivity index is 1.41. The SMILES string of the molecule is CC1C2CCC1(C)C(=O)C2=Cc1ccc(C=C2C(=O)C3(C)CCC2C3C)cc1. The first-order valence-electron chi connectivity index (χ1n) is 10.9. The Bertz CT molecular complexity index is 857. The van der Waals surface area contributed by atoms with E-state index in [0.29, 0.717) is 35.2 Å². The average Bonchev–Trinajstić information content (AvgIpc) is 3.26. The molecule has 2 heteroatoms. The maximum absolute atomic E-state index is 12.9. The van der Waals surface area contributed by atoms with Crippen LogP contribution in [0, 0.1) is 34.5 Å². The van der Waals surface area contributed by atoms with Gasteiger partial charge in [-0.1, -0.05) is 52.0 Å². The van der Waals surface area contributed by atoms with Gasteiger partial charge in [0.2, 0.25) is 0 Å². The summed E-state index contributed by atoms with van der Waals surface area (Å²) < 4.78 is 0. The van der Waals surface area contributed by atoms with Gasteiger partial charge in [-0.25, -0.2) is 0 Å². The van der Waals surface area contributed by atoms with Crippen molar-refractivity contribution < 1.29 is 9.59 Å². The van der Waals surface area contributed by atoms with Crippen LogP contribution >= 0.6 is 0 Å². The fourth-order valence-electron chi connectivity index (χ4n) is 6.63. The fourth-order valence-corrected chi connectivity index (χ4v) is 6.63. The highest BCUT2D eigenvalue weighted by Gasteiger charge is 2.57. The summed E-state index contributed by atoms with van der Waals surface area (Å²) >= 11 is 0. The van der Waals surface area contributed by atoms with E-state index in [4.69, 9.17) is 0 Å². The molecule has 6 unspecified atom stereocenters. The van der Waals surface area contributed by atoms with Gasteiger partial charge in [-0.2, -0.15) is 0 Å². The first-order valence-corrected chi connectivity index (χ1v) is 10.9. The molecule has 4 bridgehead atoms. The Hall–Kier alpha value is -1.96. The maximum atomic E-state index is 12.9. The number of hydrogen-bond donors (Lipinski definition) is 0. The van der Waals surface area contributed by atoms with Gasteiger partial charge in [0.25, 0.3) is 0 Å². The van der Waals surface area contributed by atoms with Crippen LogP contribution in [-0.4, -0.2) is 11.6 Å². The molecule has 5 rings (SSSR count). The predicted octanol–water partition coefficient (Wildman–Crippen LogP) is 5.72. The van der Waals surface area contributed by atoms with Gasteiger partial charge in [-0.3, -0.25) is 9.59 Å². The largest absolute Gasteiger partial charge is 0.294 e. The third-order valence-corrected chi connectivity index (χ3v) is 9.11. The molecule has 1 aromatic carbocycles. The lowest BCUT2D eigenvalue weighted by Crippen LogP contribution is -2.25. The Labute approximate surface area is 168 Å². The summed E-state index contributed by atoms with van der Waals surface area (Å²) in [4.78, 5) is 25.7. The van der Waals surface area contributed by atoms with Crippen LogP contribution in [-0.2, 0) is 9.59 Å². The van der Waals surface area contributed by atoms with Gasteiger partial charge >= 0.3 is 0 Å². The molecule has 0 amide bonds. The molecule has 2 nitrogen and oxygen atoms in total. The molecular formula is C26H30O2. The average molecular weight is 375 g/mol. The number of ketones is 2. The quantitative estimate of drug-likeness (QED) is 0.620. The zero-order valence-corrected chi connectivity index (χ0v) is 17.4. The van der Waals surface area contributed by atoms with Crippen LogP contribution in [0.1, 0.15) is 64.5 Å². The number of rotatable bonds is 2. The molecule has 1 aromatic rings. The van der Waals surface area contributed by atoms with Crippen LogP contribution in [0.5, 0.6) is 0 Å². The number of carbonyl (C=O) groups is 2. The van der Waals surface area contributed by atoms with Gasteiger partial charge in [0.1, 0.15) is 0 Å². The lowest BCUT2D eigenvalue weighted by atomic mass is 9.80. The second-order valence-corrected chi connectivity index (χ2v) is 10.2. The summed E-state index contributed by atoms with van der Waals surface area (Å²) in [7, 11) is 0. The van der Waals surface area contributed by atoms with Crippen LogP contribution in [0.2, 0.25) is 0 Å². The highest BCUT2D eigenvalue weighted by atomic mass is 16.1. The van der Waals surface area contributed by atoms with Gasteiger partial charge in [-0.05, 0) is 83.8 Å². The molecule has 4 fully saturated rings. The van der Waals surface area contributed by atoms with Crippen molar-refractivity contribution in [1.82, 2.24) is 0 Å². The first kappa shape index (κ1) is 18.1. The summed E-state index contributed by atoms with van der Waals surface area (Å²) in [6.45, 7) is 8.76. The van der Waals surface area contributed by atoms with E-state index >= 15 is 0 Å². The molecule has 28 heavy (non-hydrogen) atoms. The number of Topliss-reactive ketones (excluding diaryl/α,β-unsaturated/α-hetero) is 2. The molecule has 6 atom stereocenters. The molecule has 0 aliphatic heterocycles. The Morgan fingerprint density at radius 3 is 1.39 bits per heavy atom. The normalized spacial score (nSPS) is 44.4. The van der Waals surface area contributed by atoms with Gasteiger partial charge in [0.15, 0.2) is 11.6 Å². The number of benzene rings is 1. The second kappa shape index (κ2) is 5.78. The molecule has 4 aliphatic carbocycles. The van der Waals surface area contributed by atoms with Gasteiger partial charge in [-0.15, -0.1) is 0 Å². The van der Waals surface area contributed by atoms with E-state index in [9.17, 15) is 9.59 Å². The van der Waals surface area contributed by atoms with Crippen LogP contribution < -0.4 is 0 Å². The smallest absolute Gasteiger partial charge is 0.165 e. The van der Waals surface area contributed by atoms with Crippen molar-refractivity contribution in [3.8, 4) is 0 Å². The summed E-state index contributed by atoms with van der Waals surface area (Å²) in [5, 5.41) is 0. The zero-order valence-electron chi connectivity index (χ0n) is 17.4. The van der Waals surface area contributed by atoms with E-state index in [-0.39, 0.29) is 10.8 Å². The minimum Gasteiger partial charge on any atom is -0.294 e. The summed E-state index contributed by atoms with van der Waals surface area (Å²) in [6, 6.07) is 8.37. The molecule has 4 aliphatic rings. The van der Waals surface area contributed by atoms with Crippen LogP contribution in [0.15, 0.2) is 35.4 Å². The van der Waals surface area contributed by atoms with Gasteiger partial charge < -0.3 is 0 Å². The van der Waals surface area contributed by atoms with Crippen molar-refractivity contribution in [3.05, 3.63) is 46.5 Å². The van der Waals surface area contributed by atoms with Crippen molar-refractivity contribution in [2.24, 2.45) is 34.5 Å². The molecule has 0 aromatic heterocycles. The van der Waals surface area contributed by atoms with Crippen molar-refractivity contribution in [3.63, 3.8) is 0 Å². The van der Waals surface area contributed by atoms with Gasteiger partial charge in [0, 0.05) is 10.8 Å². The molecule has 0 spiro atoms. The van der Waals surface area contributed by atoms with Crippen LogP contribution in [0.3, 0.4) is 0 Å². The van der Waals surface area contributed by atoms with E-state index in [1.165, 1.54) is 0 Å². The topological polar surface area (TPSA) is 34.1 Å². The first-order chi connectivity index (χ1) is 13.3. The van der Waals surface area contributed by atoms with E-state index in [2.05, 4.69) is 64.1 Å². The lowest BCUT2D eigenvalue weighted by Gasteiger charge is -2.22. The summed E-state index contributed by atoms with van der Waals surface area (Å²) in [5.74, 6) is 2.49. The summed E-state index contributed by atoms with van der Waals surface area (Å²) in [5.41, 5.74) is 3.95. The standard InChI is InChI=1S/C26H30O2/c1-15-19-9-11-25(15,3)23(27)21(19)13-17-5-7-18(8-6-17)14-22-20-10-12-26(4,16(20)2)24(22)28/h5-8,13-16,19-20H,9-12H2,1-4H3. The van der Waals surface area contributed by atoms with Gasteiger partial charge in [0.05, 0.1) is 0 Å². The molecule has 0 N–H and O–H groups in total. The molecule has 0 radical (unpaired) electrons. The molecule has 146 valence electrons. The highest BCUT2D eigenvalue weighted by Crippen LogP contribution is 2.59. The highest BCUT2D eigenvalue weighted by molar-refractivity contribution is 6.08. The van der Waals surface area contributed by atoms with E-state index in [0.717, 1.165) is 48.0 Å². The monoisotopic (exact) mass is 374 g/mol. The Kier molecular flexibility index (Phi) is 3.73. The van der Waals surface area contributed by atoms with Crippen LogP contribution in [0.4, 0.5) is 0 Å². The van der Waals surface area contributed by atoms with Crippen LogP contribution in [0.25, 0.3) is 12.2 Å². The third kappa shape index (κ3) is 2.21. The van der Waals surface area contributed by atoms with E-state index < -0.39 is 0 Å². The number of fused-ring (bicyclic) bond motifs is 4. The Morgan fingerprint density at radius 2 is 1.11 bits per heavy atom. The maximum Gasteiger partial charge on any atom is 0.165 e. The number of allylic oxidation sites excluding steroid dienone is 2. The lowest BCUT2D eigenvalue weighted by molar-refractivity contribution is -0.124. The Morgan fingerprint density at radius 1 is 0.750 bits per heavy atom. The van der Waals surface area contributed by atoms with Crippen molar-refractivity contribution >= 4 is 23.7 Å². The van der Waals surface area contributed by atoms with Crippen molar-refractivity contribution in [1.29, 1.82) is 0 Å². The van der Waals surface area contributed by atoms with E-state index in [1.54, 1.807) is 0 Å². The minimum absolute atomic E-state index is 0.143. The minimum atomic E-state index is -0.143. The molecule has 0 heterocycles. The molecular weight excluding hydrogens is 344 g/mol. The number of carbonyl (C=O) groups excluding carboxylic acids is 2. The molecule has 0 saturated heterocycles. The summed E-state index contributed by atoms with van der Waals surface area (Å²) in [6.07, 6.45) is 8.56. The predicted molar refractivity (Wildman–Crippen MR) is 112 cm³/mol. The fraction of sp³-hybridized carbons (Fsp3) is 0.538. The number of hydrogen-bond acceptors (Lipinski definition) is 2. The second-order valence-electron chi connectivity index (χ2n) is 10.2. The third-order valence-electron chi connectivity index (χ3n) is 9.11. The van der Waals surface area contributed by atoms with Crippen molar-refractivity contribution in [2.45, 2.75) is 53.4 Å². The zero-order chi connectivity index (χ0) is 19.8. The molecule has 4 saturated carbocycles. The van der Waals surface area contributed by atoms with Crippen molar-refractivity contribution in [2.75, 3.05) is 0 Å². The van der Waals surface area contributed by atoms with E-state index in [1.807, 2.05) is 0 Å².